The van der Waals surface area contributed by atoms with Crippen LogP contribution in [-0.4, -0.2) is 34.7 Å². The fraction of sp³-hybridized carbons (Fsp3) is 0. The molecule has 1 aromatic carbocycles. The van der Waals surface area contributed by atoms with E-state index in [0.29, 0.717) is 21.9 Å². The minimum atomic E-state index is -0.451. The van der Waals surface area contributed by atoms with Gasteiger partial charge in [0.15, 0.2) is 0 Å². The zero-order valence-corrected chi connectivity index (χ0v) is 10.6. The van der Waals surface area contributed by atoms with E-state index in [1.165, 1.54) is 18.4 Å². The molecule has 0 aliphatic heterocycles. The summed E-state index contributed by atoms with van der Waals surface area (Å²) in [4.78, 5) is 11.0. The van der Waals surface area contributed by atoms with Crippen molar-refractivity contribution in [2.45, 2.75) is 0 Å². The number of furan rings is 1. The molecule has 2 heterocycles. The average Bonchev–Trinajstić information content (AvgIpc) is 2.65. The Balaban J connectivity index is 0.000000963. The molecule has 1 N–H and O–H groups in total. The average molecular weight is 225 g/mol. The molecule has 0 aliphatic rings. The standard InChI is InChI=1S/C11H6O4.Na/c12-10-2-1-6-9(15-10)5-8-7(11(6)13)3-4-14-8;/h1-5,13H;. The first-order valence-electron chi connectivity index (χ1n) is 4.39. The third-order valence-electron chi connectivity index (χ3n) is 2.33. The number of phenols is 1. The van der Waals surface area contributed by atoms with Gasteiger partial charge in [0.25, 0.3) is 0 Å². The van der Waals surface area contributed by atoms with Crippen molar-refractivity contribution >= 4 is 51.5 Å². The van der Waals surface area contributed by atoms with Crippen molar-refractivity contribution in [3.05, 3.63) is 40.9 Å². The normalized spacial score (nSPS) is 10.5. The maximum Gasteiger partial charge on any atom is 0.336 e. The van der Waals surface area contributed by atoms with E-state index in [9.17, 15) is 9.90 Å². The van der Waals surface area contributed by atoms with Crippen molar-refractivity contribution in [2.75, 3.05) is 0 Å². The number of benzene rings is 1. The second-order valence-corrected chi connectivity index (χ2v) is 3.22. The zero-order chi connectivity index (χ0) is 10.4. The van der Waals surface area contributed by atoms with Crippen molar-refractivity contribution in [1.82, 2.24) is 0 Å². The van der Waals surface area contributed by atoms with Crippen molar-refractivity contribution in [3.63, 3.8) is 0 Å². The Morgan fingerprint density at radius 3 is 2.62 bits per heavy atom. The van der Waals surface area contributed by atoms with Gasteiger partial charge in [0.05, 0.1) is 17.0 Å². The van der Waals surface area contributed by atoms with Gasteiger partial charge in [-0.15, -0.1) is 0 Å². The zero-order valence-electron chi connectivity index (χ0n) is 8.56. The summed E-state index contributed by atoms with van der Waals surface area (Å²) in [6.07, 6.45) is 1.47. The van der Waals surface area contributed by atoms with E-state index in [1.807, 2.05) is 0 Å². The Labute approximate surface area is 112 Å². The monoisotopic (exact) mass is 225 g/mol. The first kappa shape index (κ1) is 11.3. The summed E-state index contributed by atoms with van der Waals surface area (Å²) in [5, 5.41) is 11.0. The molecule has 5 heteroatoms. The van der Waals surface area contributed by atoms with E-state index in [1.54, 1.807) is 12.1 Å². The molecule has 0 saturated heterocycles. The van der Waals surface area contributed by atoms with Crippen LogP contribution in [0.1, 0.15) is 0 Å². The predicted molar refractivity (Wildman–Crippen MR) is 59.7 cm³/mol. The molecule has 1 radical (unpaired) electrons. The van der Waals surface area contributed by atoms with E-state index in [2.05, 4.69) is 0 Å². The van der Waals surface area contributed by atoms with Crippen LogP contribution in [-0.2, 0) is 0 Å². The van der Waals surface area contributed by atoms with Gasteiger partial charge in [0.1, 0.15) is 16.9 Å². The topological polar surface area (TPSA) is 63.6 Å². The van der Waals surface area contributed by atoms with Crippen LogP contribution in [0.3, 0.4) is 0 Å². The van der Waals surface area contributed by atoms with Gasteiger partial charge < -0.3 is 13.9 Å². The molecule has 0 aliphatic carbocycles. The summed E-state index contributed by atoms with van der Waals surface area (Å²) in [7, 11) is 0. The van der Waals surface area contributed by atoms with E-state index in [0.717, 1.165) is 0 Å². The van der Waals surface area contributed by atoms with E-state index >= 15 is 0 Å². The minimum Gasteiger partial charge on any atom is -0.506 e. The van der Waals surface area contributed by atoms with Gasteiger partial charge in [-0.3, -0.25) is 0 Å². The van der Waals surface area contributed by atoms with Crippen LogP contribution >= 0.6 is 0 Å². The van der Waals surface area contributed by atoms with Crippen LogP contribution in [0.15, 0.2) is 44.2 Å². The molecule has 4 nitrogen and oxygen atoms in total. The van der Waals surface area contributed by atoms with Gasteiger partial charge in [-0.05, 0) is 12.1 Å². The molecule has 0 spiro atoms. The Morgan fingerprint density at radius 1 is 1.06 bits per heavy atom. The van der Waals surface area contributed by atoms with Crippen molar-refractivity contribution in [3.8, 4) is 5.75 Å². The predicted octanol–water partition coefficient (Wildman–Crippen LogP) is 1.86. The second-order valence-electron chi connectivity index (χ2n) is 3.22. The second kappa shape index (κ2) is 3.97. The van der Waals surface area contributed by atoms with Crippen LogP contribution in [0, 0.1) is 0 Å². The molecule has 0 saturated carbocycles. The maximum atomic E-state index is 11.0. The van der Waals surface area contributed by atoms with Gasteiger partial charge in [-0.25, -0.2) is 4.79 Å². The van der Waals surface area contributed by atoms with Crippen molar-refractivity contribution in [1.29, 1.82) is 0 Å². The fourth-order valence-corrected chi connectivity index (χ4v) is 1.63. The van der Waals surface area contributed by atoms with Crippen molar-refractivity contribution in [2.24, 2.45) is 0 Å². The summed E-state index contributed by atoms with van der Waals surface area (Å²) in [5.41, 5.74) is 0.365. The molecular weight excluding hydrogens is 219 g/mol. The van der Waals surface area contributed by atoms with Gasteiger partial charge in [-0.1, -0.05) is 0 Å². The van der Waals surface area contributed by atoms with Gasteiger partial charge >= 0.3 is 5.63 Å². The largest absolute Gasteiger partial charge is 0.506 e. The molecular formula is C11H6NaO4. The summed E-state index contributed by atoms with van der Waals surface area (Å²) >= 11 is 0. The Hall–Kier alpha value is -1.23. The van der Waals surface area contributed by atoms with Crippen molar-refractivity contribution < 1.29 is 13.9 Å². The molecule has 3 rings (SSSR count). The molecule has 2 aromatic heterocycles. The van der Waals surface area contributed by atoms with E-state index in [4.69, 9.17) is 8.83 Å². The Kier molecular flexibility index (Phi) is 2.80. The molecule has 0 fully saturated rings. The van der Waals surface area contributed by atoms with Crippen LogP contribution < -0.4 is 5.63 Å². The first-order chi connectivity index (χ1) is 7.25. The number of phenolic OH excluding ortho intramolecular Hbond substituents is 1. The Morgan fingerprint density at radius 2 is 1.81 bits per heavy atom. The van der Waals surface area contributed by atoms with Crippen LogP contribution in [0.4, 0.5) is 0 Å². The number of hydrogen-bond acceptors (Lipinski definition) is 4. The Bertz CT molecular complexity index is 711. The molecule has 0 atom stereocenters. The van der Waals surface area contributed by atoms with Gasteiger partial charge in [0, 0.05) is 41.7 Å². The van der Waals surface area contributed by atoms with Gasteiger partial charge in [0.2, 0.25) is 0 Å². The first-order valence-corrected chi connectivity index (χ1v) is 4.39. The van der Waals surface area contributed by atoms with Crippen LogP contribution in [0.5, 0.6) is 5.75 Å². The third kappa shape index (κ3) is 1.55. The summed E-state index contributed by atoms with van der Waals surface area (Å²) < 4.78 is 10.1. The minimum absolute atomic E-state index is 0. The summed E-state index contributed by atoms with van der Waals surface area (Å²) in [6.45, 7) is 0. The number of aromatic hydroxyl groups is 1. The third-order valence-corrected chi connectivity index (χ3v) is 2.33. The summed E-state index contributed by atoms with van der Waals surface area (Å²) in [5.74, 6) is 0.0694. The number of rotatable bonds is 0. The number of fused-ring (bicyclic) bond motifs is 2. The van der Waals surface area contributed by atoms with Crippen LogP contribution in [0.2, 0.25) is 0 Å². The SMILES string of the molecule is O=c1ccc2c(O)c3ccoc3cc2o1.[Na]. The molecule has 16 heavy (non-hydrogen) atoms. The van der Waals surface area contributed by atoms with Gasteiger partial charge in [-0.2, -0.15) is 0 Å². The molecule has 0 bridgehead atoms. The molecule has 75 valence electrons. The molecule has 3 aromatic rings. The smallest absolute Gasteiger partial charge is 0.336 e. The van der Waals surface area contributed by atoms with Crippen LogP contribution in [0.25, 0.3) is 21.9 Å². The van der Waals surface area contributed by atoms with E-state index < -0.39 is 5.63 Å². The summed E-state index contributed by atoms with van der Waals surface area (Å²) in [6, 6.07) is 6.05. The molecule has 0 unspecified atom stereocenters. The quantitative estimate of drug-likeness (QED) is 0.468. The maximum absolute atomic E-state index is 11.0. The fourth-order valence-electron chi connectivity index (χ4n) is 1.63. The number of hydrogen-bond donors (Lipinski definition) is 1. The van der Waals surface area contributed by atoms with E-state index in [-0.39, 0.29) is 35.3 Å². The molecule has 0 amide bonds.